The largest absolute Gasteiger partial charge is 0.354 e. The lowest BCUT2D eigenvalue weighted by molar-refractivity contribution is 0.0955. The highest BCUT2D eigenvalue weighted by atomic mass is 16.1. The summed E-state index contributed by atoms with van der Waals surface area (Å²) in [5, 5.41) is 7.05. The van der Waals surface area contributed by atoms with Crippen LogP contribution in [-0.2, 0) is 6.54 Å². The highest BCUT2D eigenvalue weighted by Gasteiger charge is 2.23. The lowest BCUT2D eigenvalue weighted by Crippen LogP contribution is -2.36. The molecular weight excluding hydrogens is 318 g/mol. The van der Waals surface area contributed by atoms with Crippen LogP contribution >= 0.6 is 0 Å². The Hall–Kier alpha value is -2.74. The number of amides is 1. The predicted molar refractivity (Wildman–Crippen MR) is 92.2 cm³/mol. The van der Waals surface area contributed by atoms with Crippen molar-refractivity contribution >= 4 is 11.7 Å². The fourth-order valence-electron chi connectivity index (χ4n) is 3.40. The van der Waals surface area contributed by atoms with Crippen LogP contribution in [0.5, 0.6) is 0 Å². The smallest absolute Gasteiger partial charge is 0.271 e. The average Bonchev–Trinajstić information content (AvgIpc) is 3.29. The molecule has 1 amide bonds. The summed E-state index contributed by atoms with van der Waals surface area (Å²) in [5.41, 5.74) is 1.60. The van der Waals surface area contributed by atoms with Crippen LogP contribution in [0.25, 0.3) is 5.78 Å². The third-order valence-electron chi connectivity index (χ3n) is 4.67. The van der Waals surface area contributed by atoms with Gasteiger partial charge in [-0.3, -0.25) is 18.8 Å². The number of likely N-dealkylation sites (tertiary alicyclic amines) is 1. The van der Waals surface area contributed by atoms with Crippen molar-refractivity contribution in [2.24, 2.45) is 0 Å². The van der Waals surface area contributed by atoms with Crippen molar-refractivity contribution < 1.29 is 4.79 Å². The zero-order valence-corrected chi connectivity index (χ0v) is 14.2. The number of rotatable bonds is 4. The van der Waals surface area contributed by atoms with Gasteiger partial charge in [0.1, 0.15) is 5.69 Å². The summed E-state index contributed by atoms with van der Waals surface area (Å²) < 4.78 is 3.95. The van der Waals surface area contributed by atoms with Crippen molar-refractivity contribution in [1.29, 1.82) is 0 Å². The van der Waals surface area contributed by atoms with Gasteiger partial charge in [-0.1, -0.05) is 0 Å². The van der Waals surface area contributed by atoms with E-state index in [1.807, 2.05) is 33.7 Å². The molecule has 3 aromatic heterocycles. The van der Waals surface area contributed by atoms with Gasteiger partial charge in [-0.25, -0.2) is 9.97 Å². The summed E-state index contributed by atoms with van der Waals surface area (Å²) in [6.45, 7) is 2.78. The van der Waals surface area contributed by atoms with Crippen molar-refractivity contribution in [3.8, 4) is 0 Å². The van der Waals surface area contributed by atoms with E-state index >= 15 is 0 Å². The summed E-state index contributed by atoms with van der Waals surface area (Å²) in [4.78, 5) is 22.7. The molecule has 0 saturated carbocycles. The molecule has 4 heterocycles. The summed E-state index contributed by atoms with van der Waals surface area (Å²) in [6, 6.07) is 3.97. The van der Waals surface area contributed by atoms with Gasteiger partial charge in [0.05, 0.1) is 17.9 Å². The van der Waals surface area contributed by atoms with Crippen LogP contribution in [0, 0.1) is 0 Å². The van der Waals surface area contributed by atoms with E-state index in [-0.39, 0.29) is 11.9 Å². The third kappa shape index (κ3) is 3.12. The number of hydrogen-bond acceptors (Lipinski definition) is 5. The molecule has 1 aliphatic rings. The van der Waals surface area contributed by atoms with Crippen LogP contribution in [-0.4, -0.2) is 55.1 Å². The number of nitrogens with zero attached hydrogens (tertiary/aromatic N) is 6. The zero-order valence-electron chi connectivity index (χ0n) is 14.2. The Morgan fingerprint density at radius 3 is 3.16 bits per heavy atom. The normalized spacial score (nSPS) is 18.5. The molecule has 1 atom stereocenters. The second-order valence-corrected chi connectivity index (χ2v) is 6.33. The van der Waals surface area contributed by atoms with Crippen LogP contribution in [0.3, 0.4) is 0 Å². The van der Waals surface area contributed by atoms with Crippen LogP contribution in [0.1, 0.15) is 35.1 Å². The Morgan fingerprint density at radius 2 is 2.28 bits per heavy atom. The number of hydrogen-bond donors (Lipinski definition) is 1. The van der Waals surface area contributed by atoms with Gasteiger partial charge in [0.2, 0.25) is 5.78 Å². The maximum atomic E-state index is 11.7. The molecule has 0 bridgehead atoms. The van der Waals surface area contributed by atoms with E-state index in [2.05, 4.69) is 25.3 Å². The fourth-order valence-corrected chi connectivity index (χ4v) is 3.40. The van der Waals surface area contributed by atoms with Crippen molar-refractivity contribution in [3.63, 3.8) is 0 Å². The van der Waals surface area contributed by atoms with Crippen LogP contribution in [0.4, 0.5) is 0 Å². The second-order valence-electron chi connectivity index (χ2n) is 6.33. The molecule has 0 radical (unpaired) electrons. The third-order valence-corrected chi connectivity index (χ3v) is 4.67. The van der Waals surface area contributed by atoms with E-state index in [4.69, 9.17) is 0 Å². The fraction of sp³-hybridized carbons (Fsp3) is 0.412. The molecule has 1 unspecified atom stereocenters. The maximum absolute atomic E-state index is 11.7. The molecule has 3 aromatic rings. The van der Waals surface area contributed by atoms with Gasteiger partial charge in [-0.2, -0.15) is 5.10 Å². The van der Waals surface area contributed by atoms with E-state index in [1.54, 1.807) is 19.3 Å². The van der Waals surface area contributed by atoms with E-state index in [1.165, 1.54) is 0 Å². The average molecular weight is 339 g/mol. The molecule has 0 spiro atoms. The molecule has 1 saturated heterocycles. The van der Waals surface area contributed by atoms with Crippen molar-refractivity contribution in [3.05, 3.63) is 48.3 Å². The van der Waals surface area contributed by atoms with Gasteiger partial charge in [-0.15, -0.1) is 0 Å². The first kappa shape index (κ1) is 15.8. The Morgan fingerprint density at radius 1 is 1.36 bits per heavy atom. The Balaban J connectivity index is 1.47. The number of nitrogens with one attached hydrogen (secondary N) is 1. The van der Waals surface area contributed by atoms with Gasteiger partial charge in [0.25, 0.3) is 5.91 Å². The molecule has 130 valence electrons. The van der Waals surface area contributed by atoms with Crippen LogP contribution in [0.15, 0.2) is 36.9 Å². The van der Waals surface area contributed by atoms with Crippen LogP contribution < -0.4 is 5.32 Å². The lowest BCUT2D eigenvalue weighted by atomic mass is 10.1. The van der Waals surface area contributed by atoms with E-state index in [0.29, 0.717) is 5.69 Å². The quantitative estimate of drug-likeness (QED) is 0.770. The number of carbonyl (C=O) groups excluding carboxylic acids is 1. The first-order valence-electron chi connectivity index (χ1n) is 8.51. The molecule has 8 nitrogen and oxygen atoms in total. The number of aromatic nitrogens is 5. The van der Waals surface area contributed by atoms with Crippen molar-refractivity contribution in [1.82, 2.24) is 34.4 Å². The SMILES string of the molecule is CNC(=O)c1ccn(C2CCCN(Cc3cnc4ncccn34)C2)n1. The topological polar surface area (TPSA) is 80.4 Å². The van der Waals surface area contributed by atoms with E-state index in [0.717, 1.165) is 43.9 Å². The number of carbonyl (C=O) groups is 1. The van der Waals surface area contributed by atoms with Crippen LogP contribution in [0.2, 0.25) is 0 Å². The Kier molecular flexibility index (Phi) is 4.19. The monoisotopic (exact) mass is 339 g/mol. The van der Waals surface area contributed by atoms with Crippen molar-refractivity contribution in [2.75, 3.05) is 20.1 Å². The maximum Gasteiger partial charge on any atom is 0.271 e. The minimum absolute atomic E-state index is 0.148. The van der Waals surface area contributed by atoms with Gasteiger partial charge >= 0.3 is 0 Å². The molecule has 25 heavy (non-hydrogen) atoms. The molecular formula is C17H21N7O. The molecule has 1 aliphatic heterocycles. The van der Waals surface area contributed by atoms with E-state index in [9.17, 15) is 4.79 Å². The molecule has 1 N–H and O–H groups in total. The second kappa shape index (κ2) is 6.64. The molecule has 4 rings (SSSR count). The van der Waals surface area contributed by atoms with Crippen molar-refractivity contribution in [2.45, 2.75) is 25.4 Å². The molecule has 8 heteroatoms. The van der Waals surface area contributed by atoms with Gasteiger partial charge < -0.3 is 5.32 Å². The lowest BCUT2D eigenvalue weighted by Gasteiger charge is -2.32. The number of fused-ring (bicyclic) bond motifs is 1. The first-order chi connectivity index (χ1) is 12.2. The van der Waals surface area contributed by atoms with Gasteiger partial charge in [0, 0.05) is 38.7 Å². The Bertz CT molecular complexity index is 884. The predicted octanol–water partition coefficient (Wildman–Crippen LogP) is 1.12. The number of piperidine rings is 1. The highest BCUT2D eigenvalue weighted by molar-refractivity contribution is 5.91. The standard InChI is InChI=1S/C17H21N7O/c1-18-16(25)15-5-9-24(21-15)13-4-2-7-22(11-13)12-14-10-20-17-19-6-3-8-23(14)17/h3,5-6,8-10,13H,2,4,7,11-12H2,1H3,(H,18,25). The molecule has 1 fully saturated rings. The first-order valence-corrected chi connectivity index (χ1v) is 8.51. The summed E-state index contributed by atoms with van der Waals surface area (Å²) in [7, 11) is 1.62. The molecule has 0 aliphatic carbocycles. The zero-order chi connectivity index (χ0) is 17.2. The van der Waals surface area contributed by atoms with E-state index < -0.39 is 0 Å². The van der Waals surface area contributed by atoms with Gasteiger partial charge in [0.15, 0.2) is 0 Å². The highest BCUT2D eigenvalue weighted by Crippen LogP contribution is 2.22. The summed E-state index contributed by atoms with van der Waals surface area (Å²) in [6.07, 6.45) is 9.72. The Labute approximate surface area is 145 Å². The summed E-state index contributed by atoms with van der Waals surface area (Å²) in [5.74, 6) is 0.581. The minimum atomic E-state index is -0.148. The number of imidazole rings is 1. The van der Waals surface area contributed by atoms with Gasteiger partial charge in [-0.05, 0) is 31.5 Å². The minimum Gasteiger partial charge on any atom is -0.354 e. The molecule has 0 aromatic carbocycles. The summed E-state index contributed by atoms with van der Waals surface area (Å²) >= 11 is 0.